The molecule has 0 saturated heterocycles. The van der Waals surface area contributed by atoms with Crippen molar-refractivity contribution in [1.29, 1.82) is 0 Å². The van der Waals surface area contributed by atoms with Crippen LogP contribution in [0, 0.1) is 0 Å². The molecule has 1 heterocycles. The Morgan fingerprint density at radius 2 is 2.50 bits per heavy atom. The number of anilines is 1. The fraction of sp³-hybridized carbons (Fsp3) is 0.333. The van der Waals surface area contributed by atoms with Gasteiger partial charge in [0, 0.05) is 12.3 Å². The predicted molar refractivity (Wildman–Crippen MR) is 49.2 cm³/mol. The number of carbonyl (C=O) groups is 1. The van der Waals surface area contributed by atoms with Gasteiger partial charge in [-0.2, -0.15) is 0 Å². The predicted octanol–water partition coefficient (Wildman–Crippen LogP) is 1.21. The first kappa shape index (κ1) is 11.2. The van der Waals surface area contributed by atoms with Crippen LogP contribution in [0.1, 0.15) is 12.6 Å². The molecule has 0 bridgehead atoms. The standard InChI is InChI=1S/C6H8N2O2S.ClH/c1-4(9)10-2-5-3-11-6(7)8-5;/h3H,2H2,1H3,(H2,7,8);1H. The number of halogens is 1. The quantitative estimate of drug-likeness (QED) is 0.742. The van der Waals surface area contributed by atoms with E-state index in [1.54, 1.807) is 5.38 Å². The summed E-state index contributed by atoms with van der Waals surface area (Å²) in [5.41, 5.74) is 6.05. The van der Waals surface area contributed by atoms with Crippen LogP contribution in [0.15, 0.2) is 5.38 Å². The lowest BCUT2D eigenvalue weighted by Gasteiger charge is -1.95. The van der Waals surface area contributed by atoms with E-state index in [0.717, 1.165) is 0 Å². The lowest BCUT2D eigenvalue weighted by Crippen LogP contribution is -1.98. The molecule has 0 saturated carbocycles. The van der Waals surface area contributed by atoms with Crippen LogP contribution in [0.3, 0.4) is 0 Å². The van der Waals surface area contributed by atoms with Crippen molar-refractivity contribution < 1.29 is 9.53 Å². The largest absolute Gasteiger partial charge is 0.459 e. The van der Waals surface area contributed by atoms with Crippen LogP contribution in [0.5, 0.6) is 0 Å². The van der Waals surface area contributed by atoms with Gasteiger partial charge in [-0.15, -0.1) is 23.7 Å². The number of aromatic nitrogens is 1. The molecular formula is C6H9ClN2O2S. The molecule has 6 heteroatoms. The van der Waals surface area contributed by atoms with Gasteiger partial charge >= 0.3 is 5.97 Å². The Labute approximate surface area is 80.2 Å². The summed E-state index contributed by atoms with van der Waals surface area (Å²) in [6, 6.07) is 0. The van der Waals surface area contributed by atoms with E-state index in [2.05, 4.69) is 4.98 Å². The molecule has 1 aromatic heterocycles. The Balaban J connectivity index is 0.00000121. The summed E-state index contributed by atoms with van der Waals surface area (Å²) in [6.07, 6.45) is 0. The van der Waals surface area contributed by atoms with Crippen molar-refractivity contribution in [1.82, 2.24) is 4.98 Å². The Kier molecular flexibility index (Phi) is 4.61. The topological polar surface area (TPSA) is 65.2 Å². The minimum Gasteiger partial charge on any atom is -0.459 e. The Bertz CT molecular complexity index is 264. The van der Waals surface area contributed by atoms with Crippen molar-refractivity contribution in [2.75, 3.05) is 5.73 Å². The molecule has 4 nitrogen and oxygen atoms in total. The minimum atomic E-state index is -0.309. The summed E-state index contributed by atoms with van der Waals surface area (Å²) in [5.74, 6) is -0.309. The van der Waals surface area contributed by atoms with Gasteiger partial charge in [0.05, 0.1) is 5.69 Å². The van der Waals surface area contributed by atoms with E-state index in [1.807, 2.05) is 0 Å². The second-order valence-electron chi connectivity index (χ2n) is 1.96. The highest BCUT2D eigenvalue weighted by molar-refractivity contribution is 7.13. The highest BCUT2D eigenvalue weighted by Gasteiger charge is 1.99. The average molecular weight is 209 g/mol. The molecule has 0 aliphatic rings. The lowest BCUT2D eigenvalue weighted by molar-refractivity contribution is -0.142. The van der Waals surface area contributed by atoms with Crippen LogP contribution >= 0.6 is 23.7 Å². The van der Waals surface area contributed by atoms with E-state index in [-0.39, 0.29) is 25.0 Å². The molecule has 12 heavy (non-hydrogen) atoms. The normalized spacial score (nSPS) is 8.75. The third-order valence-corrected chi connectivity index (χ3v) is 1.72. The molecule has 0 radical (unpaired) electrons. The maximum absolute atomic E-state index is 10.3. The molecule has 0 fully saturated rings. The second kappa shape index (κ2) is 4.95. The minimum absolute atomic E-state index is 0. The van der Waals surface area contributed by atoms with Gasteiger partial charge in [-0.1, -0.05) is 0 Å². The zero-order valence-corrected chi connectivity index (χ0v) is 8.08. The summed E-state index contributed by atoms with van der Waals surface area (Å²) >= 11 is 1.33. The number of rotatable bonds is 2. The van der Waals surface area contributed by atoms with Gasteiger partial charge in [-0.25, -0.2) is 4.98 Å². The third-order valence-electron chi connectivity index (χ3n) is 0.993. The number of hydrogen-bond acceptors (Lipinski definition) is 5. The molecular weight excluding hydrogens is 200 g/mol. The van der Waals surface area contributed by atoms with Crippen molar-refractivity contribution in [3.05, 3.63) is 11.1 Å². The molecule has 1 aromatic rings. The fourth-order valence-corrected chi connectivity index (χ4v) is 1.11. The van der Waals surface area contributed by atoms with Crippen molar-refractivity contribution in [2.24, 2.45) is 0 Å². The second-order valence-corrected chi connectivity index (χ2v) is 2.85. The first-order chi connectivity index (χ1) is 5.18. The summed E-state index contributed by atoms with van der Waals surface area (Å²) in [7, 11) is 0. The van der Waals surface area contributed by atoms with Gasteiger partial charge in [-0.3, -0.25) is 4.79 Å². The lowest BCUT2D eigenvalue weighted by atomic mass is 10.5. The van der Waals surface area contributed by atoms with Gasteiger partial charge in [-0.05, 0) is 0 Å². The Hall–Kier alpha value is -0.810. The molecule has 0 unspecified atom stereocenters. The van der Waals surface area contributed by atoms with E-state index in [9.17, 15) is 4.79 Å². The maximum atomic E-state index is 10.3. The monoisotopic (exact) mass is 208 g/mol. The van der Waals surface area contributed by atoms with E-state index in [1.165, 1.54) is 18.3 Å². The molecule has 0 spiro atoms. The SMILES string of the molecule is CC(=O)OCc1csc(N)n1.Cl. The summed E-state index contributed by atoms with van der Waals surface area (Å²) in [4.78, 5) is 14.2. The fourth-order valence-electron chi connectivity index (χ4n) is 0.565. The zero-order chi connectivity index (χ0) is 8.27. The van der Waals surface area contributed by atoms with E-state index >= 15 is 0 Å². The third kappa shape index (κ3) is 3.54. The van der Waals surface area contributed by atoms with Crippen LogP contribution in [0.25, 0.3) is 0 Å². The van der Waals surface area contributed by atoms with E-state index in [4.69, 9.17) is 10.5 Å². The molecule has 0 aromatic carbocycles. The van der Waals surface area contributed by atoms with Crippen molar-refractivity contribution >= 4 is 34.8 Å². The average Bonchev–Trinajstić information content (AvgIpc) is 2.31. The molecule has 0 aliphatic heterocycles. The highest BCUT2D eigenvalue weighted by Crippen LogP contribution is 2.11. The first-order valence-corrected chi connectivity index (χ1v) is 3.89. The number of nitrogen functional groups attached to an aromatic ring is 1. The van der Waals surface area contributed by atoms with E-state index in [0.29, 0.717) is 10.8 Å². The van der Waals surface area contributed by atoms with Gasteiger partial charge in [0.15, 0.2) is 5.13 Å². The Morgan fingerprint density at radius 1 is 1.83 bits per heavy atom. The number of hydrogen-bond donors (Lipinski definition) is 1. The number of carbonyl (C=O) groups excluding carboxylic acids is 1. The number of ether oxygens (including phenoxy) is 1. The number of nitrogens with two attached hydrogens (primary N) is 1. The van der Waals surface area contributed by atoms with Crippen LogP contribution in [0.2, 0.25) is 0 Å². The van der Waals surface area contributed by atoms with Gasteiger partial charge in [0.2, 0.25) is 0 Å². The molecule has 0 atom stereocenters. The highest BCUT2D eigenvalue weighted by atomic mass is 35.5. The summed E-state index contributed by atoms with van der Waals surface area (Å²) < 4.78 is 4.69. The summed E-state index contributed by atoms with van der Waals surface area (Å²) in [5, 5.41) is 2.25. The van der Waals surface area contributed by atoms with Gasteiger partial charge in [0.1, 0.15) is 6.61 Å². The molecule has 0 aliphatic carbocycles. The van der Waals surface area contributed by atoms with Crippen LogP contribution in [-0.2, 0) is 16.1 Å². The number of thiazole rings is 1. The maximum Gasteiger partial charge on any atom is 0.303 e. The first-order valence-electron chi connectivity index (χ1n) is 3.01. The van der Waals surface area contributed by atoms with Crippen LogP contribution < -0.4 is 5.73 Å². The van der Waals surface area contributed by atoms with Crippen LogP contribution in [0.4, 0.5) is 5.13 Å². The molecule has 68 valence electrons. The van der Waals surface area contributed by atoms with Crippen molar-refractivity contribution in [2.45, 2.75) is 13.5 Å². The molecule has 2 N–H and O–H groups in total. The van der Waals surface area contributed by atoms with Gasteiger partial charge in [0.25, 0.3) is 0 Å². The smallest absolute Gasteiger partial charge is 0.303 e. The number of esters is 1. The van der Waals surface area contributed by atoms with Crippen molar-refractivity contribution in [3.63, 3.8) is 0 Å². The molecule has 1 rings (SSSR count). The number of nitrogens with zero attached hydrogens (tertiary/aromatic N) is 1. The zero-order valence-electron chi connectivity index (χ0n) is 6.44. The van der Waals surface area contributed by atoms with E-state index < -0.39 is 0 Å². The summed E-state index contributed by atoms with van der Waals surface area (Å²) in [6.45, 7) is 1.57. The van der Waals surface area contributed by atoms with Crippen molar-refractivity contribution in [3.8, 4) is 0 Å². The Morgan fingerprint density at radius 3 is 2.92 bits per heavy atom. The molecule has 0 amide bonds. The van der Waals surface area contributed by atoms with Crippen LogP contribution in [-0.4, -0.2) is 11.0 Å². The van der Waals surface area contributed by atoms with Gasteiger partial charge < -0.3 is 10.5 Å².